The van der Waals surface area contributed by atoms with Crippen molar-refractivity contribution in [1.82, 2.24) is 19.4 Å². The molecule has 0 bridgehead atoms. The van der Waals surface area contributed by atoms with Crippen molar-refractivity contribution in [3.8, 4) is 0 Å². The summed E-state index contributed by atoms with van der Waals surface area (Å²) in [6.07, 6.45) is 8.26. The molecule has 1 aliphatic heterocycles. The molecule has 1 saturated heterocycles. The minimum atomic E-state index is -0.155. The number of rotatable bonds is 7. The third-order valence-electron chi connectivity index (χ3n) is 5.62. The second-order valence-corrected chi connectivity index (χ2v) is 7.95. The second kappa shape index (κ2) is 10.5. The molecular weight excluding hydrogens is 420 g/mol. The highest BCUT2D eigenvalue weighted by atomic mass is 16.2. The maximum atomic E-state index is 13.0. The van der Waals surface area contributed by atoms with Gasteiger partial charge in [-0.05, 0) is 43.2 Å². The van der Waals surface area contributed by atoms with E-state index in [0.29, 0.717) is 56.0 Å². The predicted octanol–water partition coefficient (Wildman–Crippen LogP) is 2.80. The lowest BCUT2D eigenvalue weighted by Gasteiger charge is -2.31. The van der Waals surface area contributed by atoms with Crippen molar-refractivity contribution in [3.63, 3.8) is 0 Å². The Balaban J connectivity index is 1.28. The Morgan fingerprint density at radius 2 is 1.85 bits per heavy atom. The van der Waals surface area contributed by atoms with E-state index in [1.54, 1.807) is 66.2 Å². The van der Waals surface area contributed by atoms with Crippen LogP contribution in [0.5, 0.6) is 0 Å². The molecule has 0 aliphatic carbocycles. The van der Waals surface area contributed by atoms with Gasteiger partial charge in [-0.15, -0.1) is 0 Å². The Labute approximate surface area is 191 Å². The number of amides is 3. The highest BCUT2D eigenvalue weighted by molar-refractivity contribution is 5.97. The fourth-order valence-electron chi connectivity index (χ4n) is 3.80. The highest BCUT2D eigenvalue weighted by Crippen LogP contribution is 2.21. The maximum absolute atomic E-state index is 13.0. The number of pyridine rings is 1. The number of aryl methyl sites for hydroxylation is 1. The Morgan fingerprint density at radius 1 is 1.00 bits per heavy atom. The Hall–Kier alpha value is -4.01. The largest absolute Gasteiger partial charge is 0.339 e. The van der Waals surface area contributed by atoms with Crippen LogP contribution in [-0.2, 0) is 16.1 Å². The number of piperidine rings is 1. The van der Waals surface area contributed by atoms with Gasteiger partial charge in [-0.25, -0.2) is 9.97 Å². The average molecular weight is 447 g/mol. The number of aromatic nitrogens is 3. The summed E-state index contributed by atoms with van der Waals surface area (Å²) in [6.45, 7) is 1.54. The summed E-state index contributed by atoms with van der Waals surface area (Å²) in [5.41, 5.74) is 1.10. The van der Waals surface area contributed by atoms with E-state index in [1.807, 2.05) is 10.6 Å². The van der Waals surface area contributed by atoms with E-state index in [1.165, 1.54) is 0 Å². The van der Waals surface area contributed by atoms with E-state index in [9.17, 15) is 14.4 Å². The van der Waals surface area contributed by atoms with Gasteiger partial charge in [-0.2, -0.15) is 0 Å². The molecule has 170 valence electrons. The van der Waals surface area contributed by atoms with Crippen LogP contribution in [-0.4, -0.2) is 50.2 Å². The molecule has 1 fully saturated rings. The Kier molecular flexibility index (Phi) is 7.09. The van der Waals surface area contributed by atoms with E-state index in [0.717, 1.165) is 0 Å². The summed E-state index contributed by atoms with van der Waals surface area (Å²) in [5.74, 6) is 0.0735. The van der Waals surface area contributed by atoms with Crippen LogP contribution in [0, 0.1) is 5.92 Å². The number of benzene rings is 1. The number of likely N-dealkylation sites (tertiary alicyclic amines) is 1. The molecule has 3 heterocycles. The van der Waals surface area contributed by atoms with Crippen molar-refractivity contribution < 1.29 is 14.4 Å². The van der Waals surface area contributed by atoms with Gasteiger partial charge in [0.25, 0.3) is 5.91 Å². The smallest absolute Gasteiger partial charge is 0.253 e. The van der Waals surface area contributed by atoms with Crippen LogP contribution in [0.2, 0.25) is 0 Å². The van der Waals surface area contributed by atoms with Crippen LogP contribution in [0.25, 0.3) is 0 Å². The number of carbonyl (C=O) groups is 3. The van der Waals surface area contributed by atoms with Gasteiger partial charge in [0.15, 0.2) is 0 Å². The van der Waals surface area contributed by atoms with Gasteiger partial charge in [0.05, 0.1) is 6.33 Å². The lowest BCUT2D eigenvalue weighted by atomic mass is 9.95. The molecule has 3 aromatic rings. The maximum Gasteiger partial charge on any atom is 0.253 e. The van der Waals surface area contributed by atoms with Crippen LogP contribution in [0.1, 0.15) is 29.6 Å². The highest BCUT2D eigenvalue weighted by Gasteiger charge is 2.28. The number of nitrogens with one attached hydrogen (secondary N) is 2. The first-order valence-electron chi connectivity index (χ1n) is 11.0. The van der Waals surface area contributed by atoms with Crippen LogP contribution >= 0.6 is 0 Å². The van der Waals surface area contributed by atoms with Gasteiger partial charge in [0.2, 0.25) is 11.8 Å². The molecule has 0 atom stereocenters. The first kappa shape index (κ1) is 22.2. The molecule has 0 unspecified atom stereocenters. The predicted molar refractivity (Wildman–Crippen MR) is 123 cm³/mol. The topological polar surface area (TPSA) is 109 Å². The van der Waals surface area contributed by atoms with Crippen molar-refractivity contribution in [2.24, 2.45) is 5.92 Å². The zero-order valence-electron chi connectivity index (χ0n) is 18.2. The fraction of sp³-hybridized carbons (Fsp3) is 0.292. The van der Waals surface area contributed by atoms with E-state index >= 15 is 0 Å². The number of hydrogen-bond acceptors (Lipinski definition) is 5. The molecule has 4 rings (SSSR count). The molecule has 2 N–H and O–H groups in total. The molecular formula is C24H26N6O3. The van der Waals surface area contributed by atoms with Gasteiger partial charge in [-0.1, -0.05) is 12.1 Å². The number of imidazole rings is 1. The zero-order valence-corrected chi connectivity index (χ0v) is 18.2. The lowest BCUT2D eigenvalue weighted by molar-refractivity contribution is -0.121. The van der Waals surface area contributed by atoms with Crippen LogP contribution in [0.4, 0.5) is 11.5 Å². The first-order chi connectivity index (χ1) is 16.1. The summed E-state index contributed by atoms with van der Waals surface area (Å²) >= 11 is 0. The number of anilines is 2. The van der Waals surface area contributed by atoms with Crippen LogP contribution in [0.3, 0.4) is 0 Å². The molecule has 0 radical (unpaired) electrons. The number of hydrogen-bond donors (Lipinski definition) is 2. The fourth-order valence-corrected chi connectivity index (χ4v) is 3.80. The number of carbonyl (C=O) groups excluding carboxylic acids is 3. The van der Waals surface area contributed by atoms with Gasteiger partial charge >= 0.3 is 0 Å². The van der Waals surface area contributed by atoms with Crippen molar-refractivity contribution in [3.05, 3.63) is 72.9 Å². The monoisotopic (exact) mass is 446 g/mol. The molecule has 2 aromatic heterocycles. The average Bonchev–Trinajstić information content (AvgIpc) is 3.37. The molecule has 9 heteroatoms. The van der Waals surface area contributed by atoms with Crippen molar-refractivity contribution >= 4 is 29.2 Å². The van der Waals surface area contributed by atoms with E-state index in [4.69, 9.17) is 0 Å². The Morgan fingerprint density at radius 3 is 2.58 bits per heavy atom. The van der Waals surface area contributed by atoms with E-state index in [-0.39, 0.29) is 23.6 Å². The molecule has 3 amide bonds. The molecule has 33 heavy (non-hydrogen) atoms. The second-order valence-electron chi connectivity index (χ2n) is 7.95. The SMILES string of the molecule is O=C(CCn1ccnc1)Nc1cccc(C(=O)N2CCC(C(=O)Nc3ccccn3)CC2)c1. The lowest BCUT2D eigenvalue weighted by Crippen LogP contribution is -2.41. The molecule has 1 aromatic carbocycles. The van der Waals surface area contributed by atoms with Crippen molar-refractivity contribution in [2.75, 3.05) is 23.7 Å². The summed E-state index contributed by atoms with van der Waals surface area (Å²) in [4.78, 5) is 47.5. The normalized spacial score (nSPS) is 14.0. The minimum absolute atomic E-state index is 0.0683. The molecule has 9 nitrogen and oxygen atoms in total. The molecule has 0 spiro atoms. The third-order valence-corrected chi connectivity index (χ3v) is 5.62. The summed E-state index contributed by atoms with van der Waals surface area (Å²) in [7, 11) is 0. The van der Waals surface area contributed by atoms with Gasteiger partial charge in [-0.3, -0.25) is 14.4 Å². The minimum Gasteiger partial charge on any atom is -0.339 e. The summed E-state index contributed by atoms with van der Waals surface area (Å²) in [6, 6.07) is 12.3. The quantitative estimate of drug-likeness (QED) is 0.580. The van der Waals surface area contributed by atoms with Gasteiger partial charge < -0.3 is 20.1 Å². The standard InChI is InChI=1S/C24H26N6O3/c31-22(9-12-29-15-11-25-17-29)27-20-5-3-4-19(16-20)24(33)30-13-7-18(8-14-30)23(32)28-21-6-1-2-10-26-21/h1-6,10-11,15-18H,7-9,12-14H2,(H,27,31)(H,26,28,32). The zero-order chi connectivity index (χ0) is 23.0. The molecule has 1 aliphatic rings. The molecule has 0 saturated carbocycles. The van der Waals surface area contributed by atoms with Crippen LogP contribution < -0.4 is 10.6 Å². The Bertz CT molecular complexity index is 1090. The van der Waals surface area contributed by atoms with Crippen molar-refractivity contribution in [2.45, 2.75) is 25.8 Å². The summed E-state index contributed by atoms with van der Waals surface area (Å²) in [5, 5.41) is 5.68. The number of nitrogens with zero attached hydrogens (tertiary/aromatic N) is 4. The van der Waals surface area contributed by atoms with Gasteiger partial charge in [0.1, 0.15) is 5.82 Å². The van der Waals surface area contributed by atoms with E-state index in [2.05, 4.69) is 20.6 Å². The van der Waals surface area contributed by atoms with Crippen LogP contribution in [0.15, 0.2) is 67.4 Å². The van der Waals surface area contributed by atoms with Gasteiger partial charge in [0, 0.05) is 61.8 Å². The third kappa shape index (κ3) is 6.03. The van der Waals surface area contributed by atoms with E-state index < -0.39 is 0 Å². The van der Waals surface area contributed by atoms with Crippen molar-refractivity contribution in [1.29, 1.82) is 0 Å². The summed E-state index contributed by atoms with van der Waals surface area (Å²) < 4.78 is 1.83. The first-order valence-corrected chi connectivity index (χ1v) is 11.0.